The molecule has 1 saturated heterocycles. The Bertz CT molecular complexity index is 1640. The topological polar surface area (TPSA) is 89.0 Å². The number of pyridine rings is 1. The van der Waals surface area contributed by atoms with Crippen LogP contribution in [-0.4, -0.2) is 62.9 Å². The largest absolute Gasteiger partial charge is 0.416 e. The highest BCUT2D eigenvalue weighted by atomic mass is 19.4. The summed E-state index contributed by atoms with van der Waals surface area (Å²) >= 11 is 0. The highest BCUT2D eigenvalue weighted by molar-refractivity contribution is 5.98. The number of nitrogens with two attached hydrogens (primary N) is 1. The third-order valence-electron chi connectivity index (χ3n) is 6.96. The summed E-state index contributed by atoms with van der Waals surface area (Å²) in [4.78, 5) is 18.0. The SMILES string of the molecule is CN1CCN(c2cc(Cn3nc(-c4cccc(C(F)(F)F)c4)c4c(N)ncnc43)c3ccccc3n2)CC1. The summed E-state index contributed by atoms with van der Waals surface area (Å²) in [5.74, 6) is 1.04. The van der Waals surface area contributed by atoms with Crippen LogP contribution in [0.2, 0.25) is 0 Å². The average molecular weight is 519 g/mol. The van der Waals surface area contributed by atoms with Crippen LogP contribution in [0.5, 0.6) is 0 Å². The zero-order chi connectivity index (χ0) is 26.4. The second-order valence-corrected chi connectivity index (χ2v) is 9.49. The fourth-order valence-corrected chi connectivity index (χ4v) is 4.91. The molecular formula is C27H25F3N8. The van der Waals surface area contributed by atoms with Crippen molar-refractivity contribution in [3.8, 4) is 11.3 Å². The van der Waals surface area contributed by atoms with Crippen LogP contribution in [0.4, 0.5) is 24.8 Å². The van der Waals surface area contributed by atoms with Crippen molar-refractivity contribution in [1.29, 1.82) is 0 Å². The lowest BCUT2D eigenvalue weighted by atomic mass is 10.1. The number of rotatable bonds is 4. The van der Waals surface area contributed by atoms with Crippen LogP contribution < -0.4 is 10.6 Å². The molecule has 5 aromatic rings. The third kappa shape index (κ3) is 4.38. The molecule has 0 atom stereocenters. The minimum atomic E-state index is -4.48. The third-order valence-corrected chi connectivity index (χ3v) is 6.96. The first-order chi connectivity index (χ1) is 18.3. The number of halogens is 3. The zero-order valence-corrected chi connectivity index (χ0v) is 20.7. The van der Waals surface area contributed by atoms with Gasteiger partial charge in [-0.2, -0.15) is 18.3 Å². The second-order valence-electron chi connectivity index (χ2n) is 9.49. The maximum atomic E-state index is 13.4. The van der Waals surface area contributed by atoms with E-state index < -0.39 is 11.7 Å². The van der Waals surface area contributed by atoms with Gasteiger partial charge in [-0.3, -0.25) is 0 Å². The lowest BCUT2D eigenvalue weighted by molar-refractivity contribution is -0.137. The molecular weight excluding hydrogens is 493 g/mol. The van der Waals surface area contributed by atoms with Crippen molar-refractivity contribution in [3.63, 3.8) is 0 Å². The van der Waals surface area contributed by atoms with Crippen LogP contribution in [0.1, 0.15) is 11.1 Å². The van der Waals surface area contributed by atoms with Crippen molar-refractivity contribution in [3.05, 3.63) is 72.1 Å². The zero-order valence-electron chi connectivity index (χ0n) is 20.7. The van der Waals surface area contributed by atoms with Crippen LogP contribution in [0.3, 0.4) is 0 Å². The summed E-state index contributed by atoms with van der Waals surface area (Å²) in [5, 5.41) is 6.11. The molecule has 0 radical (unpaired) electrons. The molecule has 0 saturated carbocycles. The minimum Gasteiger partial charge on any atom is -0.383 e. The molecule has 194 valence electrons. The van der Waals surface area contributed by atoms with E-state index in [2.05, 4.69) is 32.9 Å². The van der Waals surface area contributed by atoms with Gasteiger partial charge in [0.2, 0.25) is 0 Å². The standard InChI is InChI=1S/C27H25F3N8/c1-36-9-11-37(12-10-36)22-14-18(20-7-2-3-8-21(20)34-22)15-38-26-23(25(31)32-16-33-26)24(35-38)17-5-4-6-19(13-17)27(28,29)30/h2-8,13-14,16H,9-12,15H2,1H3,(H2,31,32,33). The fraction of sp³-hybridized carbons (Fsp3) is 0.259. The van der Waals surface area contributed by atoms with Crippen LogP contribution in [0.15, 0.2) is 60.9 Å². The summed E-state index contributed by atoms with van der Waals surface area (Å²) in [7, 11) is 2.11. The van der Waals surface area contributed by atoms with E-state index in [1.807, 2.05) is 24.3 Å². The van der Waals surface area contributed by atoms with Gasteiger partial charge in [-0.05, 0) is 36.9 Å². The molecule has 8 nitrogen and oxygen atoms in total. The predicted octanol–water partition coefficient (Wildman–Crippen LogP) is 4.44. The number of anilines is 2. The number of aromatic nitrogens is 5. The van der Waals surface area contributed by atoms with Gasteiger partial charge >= 0.3 is 6.18 Å². The number of fused-ring (bicyclic) bond motifs is 2. The normalized spacial score (nSPS) is 15.0. The molecule has 0 bridgehead atoms. The van der Waals surface area contributed by atoms with E-state index in [0.29, 0.717) is 28.8 Å². The van der Waals surface area contributed by atoms with Crippen LogP contribution in [-0.2, 0) is 12.7 Å². The van der Waals surface area contributed by atoms with Crippen LogP contribution >= 0.6 is 0 Å². The molecule has 0 aliphatic carbocycles. The molecule has 11 heteroatoms. The van der Waals surface area contributed by atoms with Crippen molar-refractivity contribution in [2.45, 2.75) is 12.7 Å². The van der Waals surface area contributed by atoms with E-state index in [1.165, 1.54) is 12.4 Å². The number of nitrogens with zero attached hydrogens (tertiary/aromatic N) is 7. The Morgan fingerprint density at radius 3 is 2.53 bits per heavy atom. The fourth-order valence-electron chi connectivity index (χ4n) is 4.91. The molecule has 6 rings (SSSR count). The number of piperazine rings is 1. The van der Waals surface area contributed by atoms with Gasteiger partial charge in [0.05, 0.1) is 23.0 Å². The number of hydrogen-bond donors (Lipinski definition) is 1. The van der Waals surface area contributed by atoms with E-state index in [9.17, 15) is 13.2 Å². The first-order valence-corrected chi connectivity index (χ1v) is 12.2. The number of benzene rings is 2. The summed E-state index contributed by atoms with van der Waals surface area (Å²) < 4.78 is 42.0. The lowest BCUT2D eigenvalue weighted by Crippen LogP contribution is -2.44. The van der Waals surface area contributed by atoms with E-state index in [-0.39, 0.29) is 5.82 Å². The molecule has 2 N–H and O–H groups in total. The summed E-state index contributed by atoms with van der Waals surface area (Å²) in [6.07, 6.45) is -3.14. The molecule has 1 fully saturated rings. The van der Waals surface area contributed by atoms with Crippen molar-refractivity contribution in [2.75, 3.05) is 43.9 Å². The number of hydrogen-bond acceptors (Lipinski definition) is 7. The predicted molar refractivity (Wildman–Crippen MR) is 141 cm³/mol. The number of nitrogen functional groups attached to an aromatic ring is 1. The number of alkyl halides is 3. The first-order valence-electron chi connectivity index (χ1n) is 12.2. The Kier molecular flexibility index (Phi) is 5.87. The molecule has 4 heterocycles. The Morgan fingerprint density at radius 2 is 1.74 bits per heavy atom. The van der Waals surface area contributed by atoms with Gasteiger partial charge in [0.25, 0.3) is 0 Å². The highest BCUT2D eigenvalue weighted by Gasteiger charge is 2.31. The average Bonchev–Trinajstić information content (AvgIpc) is 3.28. The van der Waals surface area contributed by atoms with Crippen LogP contribution in [0.25, 0.3) is 33.2 Å². The van der Waals surface area contributed by atoms with E-state index >= 15 is 0 Å². The van der Waals surface area contributed by atoms with E-state index in [0.717, 1.165) is 60.6 Å². The Hall–Kier alpha value is -4.25. The summed E-state index contributed by atoms with van der Waals surface area (Å²) in [6.45, 7) is 3.97. The highest BCUT2D eigenvalue weighted by Crippen LogP contribution is 2.35. The van der Waals surface area contributed by atoms with Gasteiger partial charge in [-0.15, -0.1) is 0 Å². The molecule has 38 heavy (non-hydrogen) atoms. The Labute approximate surface area is 216 Å². The van der Waals surface area contributed by atoms with Gasteiger partial charge in [-0.25, -0.2) is 19.6 Å². The van der Waals surface area contributed by atoms with Crippen LogP contribution in [0, 0.1) is 0 Å². The number of likely N-dealkylation sites (N-methyl/N-ethyl adjacent to an activating group) is 1. The molecule has 2 aromatic carbocycles. The smallest absolute Gasteiger partial charge is 0.383 e. The van der Waals surface area contributed by atoms with Gasteiger partial charge in [0.1, 0.15) is 23.7 Å². The Balaban J connectivity index is 1.47. The maximum absolute atomic E-state index is 13.4. The van der Waals surface area contributed by atoms with E-state index in [4.69, 9.17) is 15.8 Å². The van der Waals surface area contributed by atoms with Gasteiger partial charge in [-0.1, -0.05) is 30.3 Å². The van der Waals surface area contributed by atoms with E-state index in [1.54, 1.807) is 10.7 Å². The van der Waals surface area contributed by atoms with Crippen molar-refractivity contribution in [2.24, 2.45) is 0 Å². The molecule has 0 spiro atoms. The molecule has 1 aliphatic rings. The maximum Gasteiger partial charge on any atom is 0.416 e. The second kappa shape index (κ2) is 9.25. The molecule has 1 aliphatic heterocycles. The summed E-state index contributed by atoms with van der Waals surface area (Å²) in [5.41, 5.74) is 8.33. The quantitative estimate of drug-likeness (QED) is 0.376. The van der Waals surface area contributed by atoms with Crippen molar-refractivity contribution >= 4 is 33.6 Å². The number of para-hydroxylation sites is 1. The summed E-state index contributed by atoms with van der Waals surface area (Å²) in [6, 6.07) is 15.0. The van der Waals surface area contributed by atoms with Crippen molar-refractivity contribution < 1.29 is 13.2 Å². The van der Waals surface area contributed by atoms with Crippen molar-refractivity contribution in [1.82, 2.24) is 29.6 Å². The van der Waals surface area contributed by atoms with Gasteiger partial charge in [0, 0.05) is 37.1 Å². The molecule has 0 unspecified atom stereocenters. The van der Waals surface area contributed by atoms with Gasteiger partial charge < -0.3 is 15.5 Å². The first kappa shape index (κ1) is 24.1. The Morgan fingerprint density at radius 1 is 0.947 bits per heavy atom. The molecule has 0 amide bonds. The monoisotopic (exact) mass is 518 g/mol. The minimum absolute atomic E-state index is 0.159. The molecule has 3 aromatic heterocycles. The van der Waals surface area contributed by atoms with Gasteiger partial charge in [0.15, 0.2) is 5.65 Å². The lowest BCUT2D eigenvalue weighted by Gasteiger charge is -2.33.